The van der Waals surface area contributed by atoms with Gasteiger partial charge in [-0.05, 0) is 49.6 Å². The molecule has 0 amide bonds. The molecule has 4 heteroatoms. The fourth-order valence-corrected chi connectivity index (χ4v) is 2.41. The topological polar surface area (TPSA) is 43.6 Å². The number of aromatic nitrogens is 2. The van der Waals surface area contributed by atoms with E-state index in [4.69, 9.17) is 4.74 Å². The van der Waals surface area contributed by atoms with E-state index >= 15 is 0 Å². The number of hydrogen-bond donors (Lipinski definition) is 0. The average molecular weight is 294 g/mol. The van der Waals surface area contributed by atoms with Crippen LogP contribution in [0, 0.1) is 20.8 Å². The lowest BCUT2D eigenvalue weighted by Gasteiger charge is -2.07. The number of carbonyl (C=O) groups excluding carboxylic acids is 1. The molecule has 0 spiro atoms. The first-order valence-electron chi connectivity index (χ1n) is 7.22. The third kappa shape index (κ3) is 2.72. The number of nitrogens with zero attached hydrogens (tertiary/aromatic N) is 2. The van der Waals surface area contributed by atoms with E-state index in [-0.39, 0.29) is 12.6 Å². The van der Waals surface area contributed by atoms with Crippen molar-refractivity contribution in [3.8, 4) is 0 Å². The van der Waals surface area contributed by atoms with E-state index in [1.165, 1.54) is 0 Å². The van der Waals surface area contributed by atoms with Gasteiger partial charge < -0.3 is 9.14 Å². The zero-order valence-corrected chi connectivity index (χ0v) is 13.0. The largest absolute Gasteiger partial charge is 0.456 e. The number of hydrogen-bond acceptors (Lipinski definition) is 3. The van der Waals surface area contributed by atoms with Crippen molar-refractivity contribution >= 4 is 11.6 Å². The van der Waals surface area contributed by atoms with Gasteiger partial charge in [-0.2, -0.15) is 0 Å². The molecule has 0 aliphatic heterocycles. The SMILES string of the molecule is Cc1ccc2nc(COC(=O)c3cccc(C)c3C)cn2c1. The summed E-state index contributed by atoms with van der Waals surface area (Å²) in [7, 11) is 0. The monoisotopic (exact) mass is 294 g/mol. The van der Waals surface area contributed by atoms with Crippen molar-refractivity contribution in [3.05, 3.63) is 70.7 Å². The van der Waals surface area contributed by atoms with E-state index in [9.17, 15) is 4.79 Å². The standard InChI is InChI=1S/C18H18N2O2/c1-12-7-8-17-19-15(10-20(17)9-12)11-22-18(21)16-6-4-5-13(2)14(16)3/h4-10H,11H2,1-3H3. The predicted molar refractivity (Wildman–Crippen MR) is 85.0 cm³/mol. The Kier molecular flexibility index (Phi) is 3.67. The summed E-state index contributed by atoms with van der Waals surface area (Å²) in [5, 5.41) is 0. The minimum Gasteiger partial charge on any atom is -0.456 e. The van der Waals surface area contributed by atoms with Gasteiger partial charge in [0.2, 0.25) is 0 Å². The van der Waals surface area contributed by atoms with Gasteiger partial charge in [-0.3, -0.25) is 0 Å². The van der Waals surface area contributed by atoms with Crippen LogP contribution >= 0.6 is 0 Å². The highest BCUT2D eigenvalue weighted by Crippen LogP contribution is 2.15. The number of esters is 1. The molecule has 0 saturated carbocycles. The maximum Gasteiger partial charge on any atom is 0.338 e. The van der Waals surface area contributed by atoms with Crippen LogP contribution in [0.1, 0.15) is 32.7 Å². The van der Waals surface area contributed by atoms with Crippen LogP contribution in [0.4, 0.5) is 0 Å². The summed E-state index contributed by atoms with van der Waals surface area (Å²) in [6, 6.07) is 9.60. The number of carbonyl (C=O) groups is 1. The van der Waals surface area contributed by atoms with E-state index in [0.717, 1.165) is 28.0 Å². The molecule has 0 unspecified atom stereocenters. The van der Waals surface area contributed by atoms with Crippen molar-refractivity contribution in [2.45, 2.75) is 27.4 Å². The second-order valence-corrected chi connectivity index (χ2v) is 5.53. The van der Waals surface area contributed by atoms with Gasteiger partial charge in [0.25, 0.3) is 0 Å². The molecule has 3 aromatic rings. The minimum atomic E-state index is -0.311. The molecule has 3 rings (SSSR count). The summed E-state index contributed by atoms with van der Waals surface area (Å²) in [6.45, 7) is 6.11. The molecule has 1 aromatic carbocycles. The van der Waals surface area contributed by atoms with E-state index < -0.39 is 0 Å². The van der Waals surface area contributed by atoms with Crippen LogP contribution in [0.3, 0.4) is 0 Å². The second-order valence-electron chi connectivity index (χ2n) is 5.53. The predicted octanol–water partition coefficient (Wildman–Crippen LogP) is 3.62. The molecule has 0 radical (unpaired) electrons. The summed E-state index contributed by atoms with van der Waals surface area (Å²) in [4.78, 5) is 16.6. The van der Waals surface area contributed by atoms with Crippen LogP contribution in [0.15, 0.2) is 42.7 Å². The van der Waals surface area contributed by atoms with Crippen LogP contribution in [0.2, 0.25) is 0 Å². The van der Waals surface area contributed by atoms with E-state index in [1.807, 2.05) is 61.8 Å². The Labute approximate surface area is 129 Å². The molecule has 0 saturated heterocycles. The summed E-state index contributed by atoms with van der Waals surface area (Å²) >= 11 is 0. The first-order valence-corrected chi connectivity index (χ1v) is 7.22. The number of pyridine rings is 1. The van der Waals surface area contributed by atoms with Gasteiger partial charge in [-0.1, -0.05) is 18.2 Å². The third-order valence-corrected chi connectivity index (χ3v) is 3.82. The number of ether oxygens (including phenoxy) is 1. The molecule has 0 N–H and O–H groups in total. The Morgan fingerprint density at radius 2 is 1.95 bits per heavy atom. The van der Waals surface area contributed by atoms with Crippen molar-refractivity contribution in [2.24, 2.45) is 0 Å². The summed E-state index contributed by atoms with van der Waals surface area (Å²) in [5.41, 5.74) is 5.40. The maximum absolute atomic E-state index is 12.2. The number of benzene rings is 1. The lowest BCUT2D eigenvalue weighted by atomic mass is 10.0. The molecule has 4 nitrogen and oxygen atoms in total. The Bertz CT molecular complexity index is 849. The fourth-order valence-electron chi connectivity index (χ4n) is 2.41. The highest BCUT2D eigenvalue weighted by atomic mass is 16.5. The van der Waals surface area contributed by atoms with Gasteiger partial charge in [0.15, 0.2) is 0 Å². The first kappa shape index (κ1) is 14.3. The van der Waals surface area contributed by atoms with Gasteiger partial charge in [0.05, 0.1) is 11.3 Å². The van der Waals surface area contributed by atoms with Crippen LogP contribution in [0.25, 0.3) is 5.65 Å². The molecule has 2 aromatic heterocycles. The van der Waals surface area contributed by atoms with Crippen molar-refractivity contribution < 1.29 is 9.53 Å². The summed E-state index contributed by atoms with van der Waals surface area (Å²) in [6.07, 6.45) is 3.89. The smallest absolute Gasteiger partial charge is 0.338 e. The van der Waals surface area contributed by atoms with Gasteiger partial charge in [0.1, 0.15) is 12.3 Å². The molecule has 22 heavy (non-hydrogen) atoms. The lowest BCUT2D eigenvalue weighted by molar-refractivity contribution is 0.0467. The van der Waals surface area contributed by atoms with Gasteiger partial charge in [-0.15, -0.1) is 0 Å². The zero-order valence-electron chi connectivity index (χ0n) is 13.0. The minimum absolute atomic E-state index is 0.174. The zero-order chi connectivity index (χ0) is 15.7. The Hall–Kier alpha value is -2.62. The fraction of sp³-hybridized carbons (Fsp3) is 0.222. The van der Waals surface area contributed by atoms with Crippen LogP contribution in [-0.2, 0) is 11.3 Å². The van der Waals surface area contributed by atoms with Gasteiger partial charge in [0, 0.05) is 12.4 Å². The average Bonchev–Trinajstić information content (AvgIpc) is 2.89. The summed E-state index contributed by atoms with van der Waals surface area (Å²) < 4.78 is 7.34. The molecule has 0 bridgehead atoms. The molecule has 0 aliphatic rings. The van der Waals surface area contributed by atoms with Crippen molar-refractivity contribution in [1.82, 2.24) is 9.38 Å². The molecular formula is C18H18N2O2. The first-order chi connectivity index (χ1) is 10.5. The lowest BCUT2D eigenvalue weighted by Crippen LogP contribution is -2.08. The molecule has 0 atom stereocenters. The Morgan fingerprint density at radius 3 is 2.77 bits per heavy atom. The number of aryl methyl sites for hydroxylation is 2. The highest BCUT2D eigenvalue weighted by molar-refractivity contribution is 5.91. The van der Waals surface area contributed by atoms with Crippen molar-refractivity contribution in [1.29, 1.82) is 0 Å². The molecular weight excluding hydrogens is 276 g/mol. The molecule has 112 valence electrons. The van der Waals surface area contributed by atoms with Crippen molar-refractivity contribution in [3.63, 3.8) is 0 Å². The Morgan fingerprint density at radius 1 is 1.14 bits per heavy atom. The highest BCUT2D eigenvalue weighted by Gasteiger charge is 2.12. The second kappa shape index (κ2) is 5.64. The molecule has 2 heterocycles. The summed E-state index contributed by atoms with van der Waals surface area (Å²) in [5.74, 6) is -0.311. The third-order valence-electron chi connectivity index (χ3n) is 3.82. The van der Waals surface area contributed by atoms with Crippen molar-refractivity contribution in [2.75, 3.05) is 0 Å². The normalized spacial score (nSPS) is 10.9. The number of imidazole rings is 1. The quantitative estimate of drug-likeness (QED) is 0.693. The molecule has 0 fully saturated rings. The number of rotatable bonds is 3. The van der Waals surface area contributed by atoms with E-state index in [0.29, 0.717) is 5.56 Å². The van der Waals surface area contributed by atoms with Crippen LogP contribution < -0.4 is 0 Å². The van der Waals surface area contributed by atoms with Crippen LogP contribution in [0.5, 0.6) is 0 Å². The Balaban J connectivity index is 1.76. The molecule has 0 aliphatic carbocycles. The van der Waals surface area contributed by atoms with E-state index in [2.05, 4.69) is 4.98 Å². The van der Waals surface area contributed by atoms with Gasteiger partial charge >= 0.3 is 5.97 Å². The van der Waals surface area contributed by atoms with E-state index in [1.54, 1.807) is 6.07 Å². The van der Waals surface area contributed by atoms with Gasteiger partial charge in [-0.25, -0.2) is 9.78 Å². The maximum atomic E-state index is 12.2. The number of fused-ring (bicyclic) bond motifs is 1. The van der Waals surface area contributed by atoms with Crippen LogP contribution in [-0.4, -0.2) is 15.4 Å².